The molecular formula is C45H29N5OPt-2. The molecule has 0 fully saturated rings. The Labute approximate surface area is 313 Å². The number of aryl methyl sites for hydroxylation is 3. The molecule has 6 aromatic carbocycles. The minimum atomic E-state index is -2.35. The van der Waals surface area contributed by atoms with Crippen LogP contribution in [0.5, 0.6) is 11.5 Å². The Morgan fingerprint density at radius 2 is 1.42 bits per heavy atom. The third kappa shape index (κ3) is 4.04. The van der Waals surface area contributed by atoms with Gasteiger partial charge in [-0.15, -0.1) is 0 Å². The van der Waals surface area contributed by atoms with Crippen molar-refractivity contribution in [2.24, 2.45) is 6.98 Å². The molecular weight excluding hydrogens is 822 g/mol. The van der Waals surface area contributed by atoms with Gasteiger partial charge in [0.2, 0.25) is 0 Å². The minimum absolute atomic E-state index is 0.526. The second kappa shape index (κ2) is 10.8. The fraction of sp³-hybridized carbons (Fsp3) is 0.0667. The van der Waals surface area contributed by atoms with Crippen molar-refractivity contribution in [2.45, 2.75) is 13.8 Å². The summed E-state index contributed by atoms with van der Waals surface area (Å²) in [6.07, 6.45) is 1.85. The average Bonchev–Trinajstić information content (AvgIpc) is 3.88. The summed E-state index contributed by atoms with van der Waals surface area (Å²) in [6, 6.07) is 46.5. The quantitative estimate of drug-likeness (QED) is 0.166. The van der Waals surface area contributed by atoms with Crippen LogP contribution in [0.2, 0.25) is 0 Å². The van der Waals surface area contributed by atoms with Gasteiger partial charge in [-0.25, -0.2) is 0 Å². The molecule has 0 N–H and O–H groups in total. The topological polar surface area (TPSA) is 41.3 Å². The maximum atomic E-state index is 8.25. The zero-order chi connectivity index (χ0) is 37.3. The Morgan fingerprint density at radius 3 is 2.27 bits per heavy atom. The van der Waals surface area contributed by atoms with Crippen molar-refractivity contribution in [1.29, 1.82) is 0 Å². The van der Waals surface area contributed by atoms with Gasteiger partial charge in [0.25, 0.3) is 0 Å². The molecule has 5 heterocycles. The Bertz CT molecular complexity index is 3460. The molecule has 0 aliphatic carbocycles. The molecule has 0 saturated carbocycles. The van der Waals surface area contributed by atoms with Crippen molar-refractivity contribution < 1.29 is 28.2 Å². The third-order valence-corrected chi connectivity index (χ3v) is 11.4. The number of para-hydroxylation sites is 4. The fourth-order valence-electron chi connectivity index (χ4n) is 8.01. The number of ether oxygens (including phenoxy) is 1. The van der Waals surface area contributed by atoms with Gasteiger partial charge in [0.15, 0.2) is 0 Å². The Morgan fingerprint density at radius 1 is 0.654 bits per heavy atom. The van der Waals surface area contributed by atoms with Crippen LogP contribution >= 0.6 is 0 Å². The van der Waals surface area contributed by atoms with E-state index in [0.717, 1.165) is 49.8 Å². The van der Waals surface area contributed by atoms with E-state index in [1.54, 1.807) is 0 Å². The van der Waals surface area contributed by atoms with Gasteiger partial charge >= 0.3 is 205 Å². The zero-order valence-corrected chi connectivity index (χ0v) is 30.3. The van der Waals surface area contributed by atoms with Crippen LogP contribution in [0.3, 0.4) is 0 Å². The summed E-state index contributed by atoms with van der Waals surface area (Å²) in [5, 5.41) is 7.07. The van der Waals surface area contributed by atoms with Gasteiger partial charge in [0.1, 0.15) is 0 Å². The van der Waals surface area contributed by atoms with Crippen LogP contribution in [-0.4, -0.2) is 23.1 Å². The predicted molar refractivity (Wildman–Crippen MR) is 206 cm³/mol. The molecule has 0 spiro atoms. The number of hydrogen-bond donors (Lipinski definition) is 0. The summed E-state index contributed by atoms with van der Waals surface area (Å²) in [5.74, 6) is 1.85. The number of imidazole rings is 1. The Balaban J connectivity index is 1.12. The second-order valence-electron chi connectivity index (χ2n) is 13.4. The van der Waals surface area contributed by atoms with E-state index in [4.69, 9.17) is 13.8 Å². The van der Waals surface area contributed by atoms with Gasteiger partial charge < -0.3 is 4.40 Å². The summed E-state index contributed by atoms with van der Waals surface area (Å²) in [6.45, 7) is 1.70. The molecule has 0 amide bonds. The molecule has 52 heavy (non-hydrogen) atoms. The van der Waals surface area contributed by atoms with Gasteiger partial charge in [-0.3, -0.25) is 0 Å². The van der Waals surface area contributed by atoms with E-state index in [9.17, 15) is 0 Å². The van der Waals surface area contributed by atoms with Crippen LogP contribution in [0.1, 0.15) is 15.2 Å². The molecule has 0 radical (unpaired) electrons. The van der Waals surface area contributed by atoms with E-state index >= 15 is 0 Å². The number of fused-ring (bicyclic) bond motifs is 10. The number of rotatable bonds is 4. The van der Waals surface area contributed by atoms with Crippen LogP contribution < -0.4 is 4.74 Å². The van der Waals surface area contributed by atoms with Crippen molar-refractivity contribution in [3.8, 4) is 23.0 Å². The SMILES string of the molecule is [2H]C([2H])([2H])n1[c](=[Pt])n(-c2[c-]c(Oc3[c-]c4c(cc3)c3cc5c6cccc7c8ccccc8n(c5cc3n4-c3cc(C)ccn3)c76)c(C)cc2)c2ccccc21. The molecule has 6 nitrogen and oxygen atoms in total. The van der Waals surface area contributed by atoms with Crippen molar-refractivity contribution in [2.75, 3.05) is 0 Å². The standard InChI is InChI=1S/C45H29N5O.Pt/c1-27-19-20-46-44(21-27)49-40-23-30(51-43-22-29(16-15-28(43)2)48-26-47(3)38-13-6-7-14-39(38)48)17-18-32(40)35-24-36-34-11-8-10-33-31-9-4-5-12-37(31)50(45(33)34)42(36)25-41(35)49;/h4-21,24-25H,1-3H3;/q-2;/i3D3;. The van der Waals surface area contributed by atoms with Gasteiger partial charge in [-0.1, -0.05) is 36.4 Å². The molecule has 0 aliphatic heterocycles. The maximum absolute atomic E-state index is 8.25. The van der Waals surface area contributed by atoms with Crippen molar-refractivity contribution in [3.05, 3.63) is 149 Å². The summed E-state index contributed by atoms with van der Waals surface area (Å²) in [5.41, 5.74) is 9.48. The zero-order valence-electron chi connectivity index (χ0n) is 31.0. The summed E-state index contributed by atoms with van der Waals surface area (Å²) in [4.78, 5) is 4.86. The Kier molecular flexibility index (Phi) is 5.55. The van der Waals surface area contributed by atoms with Crippen LogP contribution in [0, 0.1) is 29.8 Å². The van der Waals surface area contributed by atoms with E-state index in [1.165, 1.54) is 37.1 Å². The molecule has 0 bridgehead atoms. The predicted octanol–water partition coefficient (Wildman–Crippen LogP) is 10.7. The van der Waals surface area contributed by atoms with Crippen molar-refractivity contribution >= 4 is 70.9 Å². The number of hydrogen-bond acceptors (Lipinski definition) is 2. The van der Waals surface area contributed by atoms with Crippen LogP contribution in [0.15, 0.2) is 121 Å². The number of pyridine rings is 1. The molecule has 0 atom stereocenters. The third-order valence-electron chi connectivity index (χ3n) is 10.4. The van der Waals surface area contributed by atoms with Crippen LogP contribution in [0.4, 0.5) is 0 Å². The van der Waals surface area contributed by atoms with E-state index < -0.39 is 6.98 Å². The van der Waals surface area contributed by atoms with Crippen LogP contribution in [-0.2, 0) is 26.3 Å². The molecule has 7 heteroatoms. The molecule has 11 rings (SSSR count). The van der Waals surface area contributed by atoms with Gasteiger partial charge in [-0.2, -0.15) is 0 Å². The van der Waals surface area contributed by atoms with E-state index in [0.29, 0.717) is 26.5 Å². The fourth-order valence-corrected chi connectivity index (χ4v) is 8.83. The summed E-state index contributed by atoms with van der Waals surface area (Å²) >= 11 is 2.08. The summed E-state index contributed by atoms with van der Waals surface area (Å²) < 4.78 is 39.8. The number of benzene rings is 6. The first-order valence-electron chi connectivity index (χ1n) is 18.6. The van der Waals surface area contributed by atoms with Crippen molar-refractivity contribution in [1.82, 2.24) is 23.1 Å². The molecule has 0 saturated heterocycles. The number of nitrogens with zero attached hydrogens (tertiary/aromatic N) is 5. The van der Waals surface area contributed by atoms with Crippen molar-refractivity contribution in [3.63, 3.8) is 0 Å². The molecule has 0 unspecified atom stereocenters. The molecule has 0 aliphatic rings. The first-order valence-corrected chi connectivity index (χ1v) is 18.2. The van der Waals surface area contributed by atoms with Gasteiger partial charge in [0.05, 0.1) is 16.6 Å². The van der Waals surface area contributed by atoms with E-state index in [-0.39, 0.29) is 0 Å². The monoisotopic (exact) mass is 853 g/mol. The molecule has 252 valence electrons. The van der Waals surface area contributed by atoms with Crippen LogP contribution in [0.25, 0.3) is 82.4 Å². The number of aromatic nitrogens is 5. The first-order chi connectivity index (χ1) is 26.7. The van der Waals surface area contributed by atoms with Gasteiger partial charge in [0, 0.05) is 27.7 Å². The first kappa shape index (κ1) is 26.8. The Hall–Kier alpha value is -5.97. The van der Waals surface area contributed by atoms with Gasteiger partial charge in [-0.05, 0) is 24.6 Å². The molecule has 5 aromatic heterocycles. The summed E-state index contributed by atoms with van der Waals surface area (Å²) in [7, 11) is 0. The average molecular weight is 854 g/mol. The second-order valence-corrected chi connectivity index (χ2v) is 14.4. The van der Waals surface area contributed by atoms with E-state index in [1.807, 2.05) is 66.2 Å². The molecule has 11 aromatic rings. The normalized spacial score (nSPS) is 13.3. The van der Waals surface area contributed by atoms with E-state index in [2.05, 4.69) is 114 Å².